The molecule has 1 saturated heterocycles. The Bertz CT molecular complexity index is 933. The fourth-order valence-corrected chi connectivity index (χ4v) is 4.10. The topological polar surface area (TPSA) is 91.6 Å². The van der Waals surface area contributed by atoms with E-state index in [4.69, 9.17) is 0 Å². The highest BCUT2D eigenvalue weighted by molar-refractivity contribution is 7.81. The van der Waals surface area contributed by atoms with Crippen molar-refractivity contribution in [2.24, 2.45) is 11.8 Å². The first-order valence-electron chi connectivity index (χ1n) is 9.81. The number of anilines is 2. The maximum absolute atomic E-state index is 13.0. The minimum atomic E-state index is -4.60. The van der Waals surface area contributed by atoms with Crippen molar-refractivity contribution >= 4 is 28.8 Å². The molecule has 3 heterocycles. The lowest BCUT2D eigenvalue weighted by Crippen LogP contribution is -2.46. The second kappa shape index (κ2) is 9.35. The summed E-state index contributed by atoms with van der Waals surface area (Å²) in [6.07, 6.45) is 0.711. The Hall–Kier alpha value is -2.47. The van der Waals surface area contributed by atoms with Gasteiger partial charge in [0.1, 0.15) is 11.6 Å². The molecular formula is C19H24F3N5O3S. The summed E-state index contributed by atoms with van der Waals surface area (Å²) in [7, 11) is 0. The Labute approximate surface area is 180 Å². The van der Waals surface area contributed by atoms with E-state index in [-0.39, 0.29) is 12.4 Å². The van der Waals surface area contributed by atoms with Crippen molar-refractivity contribution in [1.82, 2.24) is 14.5 Å². The SMILES string of the molecule is CC(C)Cn1cnc(N2CCC[C@@H](C(=O)N(c3ccc(C(F)(F)F)cn3)S(=O)O)C2)c1. The molecule has 3 rings (SSSR count). The lowest BCUT2D eigenvalue weighted by Gasteiger charge is -2.33. The number of hydrogen-bond acceptors (Lipinski definition) is 5. The highest BCUT2D eigenvalue weighted by Crippen LogP contribution is 2.30. The summed E-state index contributed by atoms with van der Waals surface area (Å²) in [5.74, 6) is -0.440. The number of halogens is 3. The molecule has 1 amide bonds. The van der Waals surface area contributed by atoms with E-state index in [0.717, 1.165) is 18.7 Å². The maximum atomic E-state index is 13.0. The zero-order valence-electron chi connectivity index (χ0n) is 17.1. The predicted octanol–water partition coefficient (Wildman–Crippen LogP) is 3.34. The molecule has 1 N–H and O–H groups in total. The molecule has 2 aromatic rings. The van der Waals surface area contributed by atoms with Crippen molar-refractivity contribution in [1.29, 1.82) is 0 Å². The van der Waals surface area contributed by atoms with Gasteiger partial charge in [0.15, 0.2) is 0 Å². The highest BCUT2D eigenvalue weighted by atomic mass is 32.2. The normalized spacial score (nSPS) is 18.3. The van der Waals surface area contributed by atoms with Gasteiger partial charge in [-0.3, -0.25) is 9.35 Å². The number of hydrogen-bond donors (Lipinski definition) is 1. The Morgan fingerprint density at radius 1 is 1.35 bits per heavy atom. The number of carbonyl (C=O) groups is 1. The van der Waals surface area contributed by atoms with E-state index < -0.39 is 34.8 Å². The van der Waals surface area contributed by atoms with Gasteiger partial charge in [-0.05, 0) is 30.9 Å². The third kappa shape index (κ3) is 5.62. The van der Waals surface area contributed by atoms with E-state index in [0.29, 0.717) is 41.6 Å². The van der Waals surface area contributed by atoms with E-state index in [1.165, 1.54) is 0 Å². The number of alkyl halides is 3. The summed E-state index contributed by atoms with van der Waals surface area (Å²) >= 11 is -2.77. The van der Waals surface area contributed by atoms with Crippen molar-refractivity contribution in [3.8, 4) is 0 Å². The van der Waals surface area contributed by atoms with Crippen LogP contribution in [0.2, 0.25) is 0 Å². The van der Waals surface area contributed by atoms with Crippen LogP contribution < -0.4 is 9.21 Å². The summed E-state index contributed by atoms with van der Waals surface area (Å²) in [5, 5.41) is 0. The molecule has 31 heavy (non-hydrogen) atoms. The van der Waals surface area contributed by atoms with Crippen LogP contribution >= 0.6 is 0 Å². The predicted molar refractivity (Wildman–Crippen MR) is 109 cm³/mol. The van der Waals surface area contributed by atoms with Gasteiger partial charge >= 0.3 is 6.18 Å². The van der Waals surface area contributed by atoms with Gasteiger partial charge < -0.3 is 9.47 Å². The maximum Gasteiger partial charge on any atom is 0.417 e. The van der Waals surface area contributed by atoms with E-state index >= 15 is 0 Å². The average Bonchev–Trinajstić information content (AvgIpc) is 3.15. The lowest BCUT2D eigenvalue weighted by atomic mass is 9.97. The molecule has 0 spiro atoms. The first kappa shape index (κ1) is 23.2. The van der Waals surface area contributed by atoms with E-state index in [1.807, 2.05) is 15.7 Å². The molecule has 1 aliphatic heterocycles. The Balaban J connectivity index is 1.76. The number of amides is 1. The molecule has 0 bridgehead atoms. The number of carbonyl (C=O) groups excluding carboxylic acids is 1. The quantitative estimate of drug-likeness (QED) is 0.667. The average molecular weight is 459 g/mol. The summed E-state index contributed by atoms with van der Waals surface area (Å²) in [6, 6.07) is 1.65. The first-order chi connectivity index (χ1) is 14.6. The number of nitrogens with zero attached hydrogens (tertiary/aromatic N) is 5. The second-order valence-corrected chi connectivity index (χ2v) is 8.70. The van der Waals surface area contributed by atoms with Crippen molar-refractivity contribution in [3.63, 3.8) is 0 Å². The van der Waals surface area contributed by atoms with Gasteiger partial charge in [-0.25, -0.2) is 14.2 Å². The van der Waals surface area contributed by atoms with Gasteiger partial charge in [0.05, 0.1) is 17.8 Å². The van der Waals surface area contributed by atoms with Crippen LogP contribution in [0.1, 0.15) is 32.3 Å². The van der Waals surface area contributed by atoms with Gasteiger partial charge in [-0.1, -0.05) is 13.8 Å². The van der Waals surface area contributed by atoms with Crippen LogP contribution in [-0.2, 0) is 28.8 Å². The van der Waals surface area contributed by atoms with Crippen LogP contribution in [0, 0.1) is 11.8 Å². The van der Waals surface area contributed by atoms with E-state index in [2.05, 4.69) is 23.8 Å². The fourth-order valence-electron chi connectivity index (χ4n) is 3.53. The standard InChI is InChI=1S/C19H24F3N5O3S/c1-13(2)9-25-11-17(24-12-25)26-7-3-4-14(10-26)18(28)27(31(29)30)16-6-5-15(8-23-16)19(20,21)22/h5-6,8,11-14H,3-4,7,9-10H2,1-2H3,(H,29,30)/t14-/m1/s1. The third-order valence-corrected chi connectivity index (χ3v) is 5.61. The number of pyridine rings is 1. The summed E-state index contributed by atoms with van der Waals surface area (Å²) in [6.45, 7) is 5.96. The largest absolute Gasteiger partial charge is 0.417 e. The summed E-state index contributed by atoms with van der Waals surface area (Å²) in [5.41, 5.74) is -1.01. The first-order valence-corrected chi connectivity index (χ1v) is 10.9. The summed E-state index contributed by atoms with van der Waals surface area (Å²) in [4.78, 5) is 22.9. The van der Waals surface area contributed by atoms with Crippen LogP contribution in [0.25, 0.3) is 0 Å². The molecule has 0 saturated carbocycles. The Kier molecular flexibility index (Phi) is 6.99. The molecule has 1 fully saturated rings. The van der Waals surface area contributed by atoms with Crippen molar-refractivity contribution in [2.45, 2.75) is 39.4 Å². The number of aromatic nitrogens is 3. The van der Waals surface area contributed by atoms with Crippen LogP contribution in [0.5, 0.6) is 0 Å². The molecule has 2 aromatic heterocycles. The third-order valence-electron chi connectivity index (χ3n) is 4.93. The molecule has 0 radical (unpaired) electrons. The minimum absolute atomic E-state index is 0.284. The molecular weight excluding hydrogens is 435 g/mol. The van der Waals surface area contributed by atoms with Crippen LogP contribution in [0.15, 0.2) is 30.9 Å². The highest BCUT2D eigenvalue weighted by Gasteiger charge is 2.35. The van der Waals surface area contributed by atoms with Crippen LogP contribution in [0.4, 0.5) is 24.8 Å². The summed E-state index contributed by atoms with van der Waals surface area (Å²) < 4.78 is 62.3. The zero-order valence-corrected chi connectivity index (χ0v) is 17.9. The lowest BCUT2D eigenvalue weighted by molar-refractivity contribution is -0.137. The zero-order chi connectivity index (χ0) is 22.8. The number of imidazole rings is 1. The molecule has 2 atom stereocenters. The van der Waals surface area contributed by atoms with Crippen LogP contribution in [-0.4, -0.2) is 42.3 Å². The van der Waals surface area contributed by atoms with Gasteiger partial charge in [0.2, 0.25) is 5.91 Å². The van der Waals surface area contributed by atoms with Crippen molar-refractivity contribution < 1.29 is 26.7 Å². The van der Waals surface area contributed by atoms with Gasteiger partial charge in [-0.15, -0.1) is 0 Å². The van der Waals surface area contributed by atoms with Crippen LogP contribution in [0.3, 0.4) is 0 Å². The molecule has 1 aliphatic rings. The molecule has 0 aromatic carbocycles. The van der Waals surface area contributed by atoms with E-state index in [9.17, 15) is 26.7 Å². The monoisotopic (exact) mass is 459 g/mol. The minimum Gasteiger partial charge on any atom is -0.355 e. The van der Waals surface area contributed by atoms with Gasteiger partial charge in [-0.2, -0.15) is 17.5 Å². The molecule has 1 unspecified atom stereocenters. The van der Waals surface area contributed by atoms with Gasteiger partial charge in [0.25, 0.3) is 11.3 Å². The number of piperidine rings is 1. The molecule has 12 heteroatoms. The fraction of sp³-hybridized carbons (Fsp3) is 0.526. The molecule has 170 valence electrons. The molecule has 8 nitrogen and oxygen atoms in total. The smallest absolute Gasteiger partial charge is 0.355 e. The Morgan fingerprint density at radius 2 is 2.10 bits per heavy atom. The van der Waals surface area contributed by atoms with E-state index in [1.54, 1.807) is 6.33 Å². The number of rotatable bonds is 6. The second-order valence-electron chi connectivity index (χ2n) is 7.87. The molecule has 0 aliphatic carbocycles. The van der Waals surface area contributed by atoms with Crippen molar-refractivity contribution in [2.75, 3.05) is 22.3 Å². The van der Waals surface area contributed by atoms with Crippen molar-refractivity contribution in [3.05, 3.63) is 36.4 Å². The van der Waals surface area contributed by atoms with Gasteiger partial charge in [0, 0.05) is 32.0 Å². The Morgan fingerprint density at radius 3 is 2.68 bits per heavy atom.